The van der Waals surface area contributed by atoms with E-state index in [-0.39, 0.29) is 11.5 Å². The van der Waals surface area contributed by atoms with Gasteiger partial charge in [0.25, 0.3) is 0 Å². The van der Waals surface area contributed by atoms with E-state index in [0.717, 1.165) is 11.3 Å². The quantitative estimate of drug-likeness (QED) is 0.914. The smallest absolute Gasteiger partial charge is 0.346 e. The molecule has 0 aliphatic rings. The van der Waals surface area contributed by atoms with Gasteiger partial charge in [0, 0.05) is 16.7 Å². The summed E-state index contributed by atoms with van der Waals surface area (Å²) in [5, 5.41) is 11.6. The number of aromatic carboxylic acids is 1. The standard InChI is InChI=1S/C12H8Cl2O3S/c13-8-1-2-9(14)10(5-8)17-6-7-3-4-18-11(7)12(15)16/h1-5H,6H2,(H,15,16). The fourth-order valence-electron chi connectivity index (χ4n) is 1.38. The van der Waals surface area contributed by atoms with E-state index >= 15 is 0 Å². The first-order valence-corrected chi connectivity index (χ1v) is 6.59. The largest absolute Gasteiger partial charge is 0.487 e. The normalized spacial score (nSPS) is 10.3. The summed E-state index contributed by atoms with van der Waals surface area (Å²) in [6, 6.07) is 6.60. The van der Waals surface area contributed by atoms with Gasteiger partial charge in [0.05, 0.1) is 5.02 Å². The van der Waals surface area contributed by atoms with Gasteiger partial charge in [-0.2, -0.15) is 0 Å². The lowest BCUT2D eigenvalue weighted by atomic mass is 10.2. The predicted molar refractivity (Wildman–Crippen MR) is 72.1 cm³/mol. The van der Waals surface area contributed by atoms with Crippen molar-refractivity contribution in [3.63, 3.8) is 0 Å². The summed E-state index contributed by atoms with van der Waals surface area (Å²) in [7, 11) is 0. The second-order valence-electron chi connectivity index (χ2n) is 3.44. The summed E-state index contributed by atoms with van der Waals surface area (Å²) in [5.41, 5.74) is 0.614. The van der Waals surface area contributed by atoms with E-state index in [0.29, 0.717) is 21.4 Å². The lowest BCUT2D eigenvalue weighted by molar-refractivity contribution is 0.0699. The van der Waals surface area contributed by atoms with E-state index in [1.54, 1.807) is 29.6 Å². The molecule has 0 radical (unpaired) electrons. The van der Waals surface area contributed by atoms with Crippen molar-refractivity contribution in [3.8, 4) is 5.75 Å². The van der Waals surface area contributed by atoms with Crippen molar-refractivity contribution >= 4 is 40.5 Å². The van der Waals surface area contributed by atoms with Crippen molar-refractivity contribution in [1.82, 2.24) is 0 Å². The topological polar surface area (TPSA) is 46.5 Å². The Morgan fingerprint density at radius 1 is 1.33 bits per heavy atom. The Morgan fingerprint density at radius 3 is 2.83 bits per heavy atom. The summed E-state index contributed by atoms with van der Waals surface area (Å²) in [6.07, 6.45) is 0. The van der Waals surface area contributed by atoms with Crippen LogP contribution in [0.3, 0.4) is 0 Å². The molecule has 0 amide bonds. The van der Waals surface area contributed by atoms with E-state index in [1.807, 2.05) is 0 Å². The summed E-state index contributed by atoms with van der Waals surface area (Å²) in [5.74, 6) is -0.521. The summed E-state index contributed by atoms with van der Waals surface area (Å²) >= 11 is 12.9. The monoisotopic (exact) mass is 302 g/mol. The molecule has 0 unspecified atom stereocenters. The molecule has 0 saturated heterocycles. The zero-order valence-corrected chi connectivity index (χ0v) is 11.4. The Hall–Kier alpha value is -1.23. The number of halogens is 2. The van der Waals surface area contributed by atoms with Crippen LogP contribution < -0.4 is 4.74 Å². The highest BCUT2D eigenvalue weighted by molar-refractivity contribution is 7.12. The molecule has 6 heteroatoms. The van der Waals surface area contributed by atoms with E-state index < -0.39 is 5.97 Å². The number of ether oxygens (including phenoxy) is 1. The second kappa shape index (κ2) is 5.61. The van der Waals surface area contributed by atoms with Crippen LogP contribution >= 0.6 is 34.5 Å². The van der Waals surface area contributed by atoms with Crippen LogP contribution in [0, 0.1) is 0 Å². The van der Waals surface area contributed by atoms with Gasteiger partial charge in [-0.25, -0.2) is 4.79 Å². The molecule has 1 aromatic heterocycles. The maximum atomic E-state index is 10.9. The molecule has 1 heterocycles. The van der Waals surface area contributed by atoms with Gasteiger partial charge in [-0.1, -0.05) is 23.2 Å². The number of hydrogen-bond acceptors (Lipinski definition) is 3. The maximum Gasteiger partial charge on any atom is 0.346 e. The summed E-state index contributed by atoms with van der Waals surface area (Å²) < 4.78 is 5.48. The average molecular weight is 303 g/mol. The fraction of sp³-hybridized carbons (Fsp3) is 0.0833. The minimum Gasteiger partial charge on any atom is -0.487 e. The molecule has 0 saturated carbocycles. The Morgan fingerprint density at radius 2 is 2.11 bits per heavy atom. The number of benzene rings is 1. The minimum absolute atomic E-state index is 0.144. The number of carboxylic acids is 1. The van der Waals surface area contributed by atoms with Crippen molar-refractivity contribution in [2.24, 2.45) is 0 Å². The molecule has 0 fully saturated rings. The van der Waals surface area contributed by atoms with Crippen molar-refractivity contribution in [2.45, 2.75) is 6.61 Å². The predicted octanol–water partition coefficient (Wildman–Crippen LogP) is 4.33. The highest BCUT2D eigenvalue weighted by atomic mass is 35.5. The molecular weight excluding hydrogens is 295 g/mol. The van der Waals surface area contributed by atoms with E-state index in [4.69, 9.17) is 33.0 Å². The molecule has 94 valence electrons. The van der Waals surface area contributed by atoms with Crippen LogP contribution in [0.1, 0.15) is 15.2 Å². The Balaban J connectivity index is 2.14. The Kier molecular flexibility index (Phi) is 4.11. The van der Waals surface area contributed by atoms with Crippen LogP contribution in [-0.4, -0.2) is 11.1 Å². The van der Waals surface area contributed by atoms with Crippen LogP contribution in [0.2, 0.25) is 10.0 Å². The van der Waals surface area contributed by atoms with Crippen LogP contribution in [0.15, 0.2) is 29.6 Å². The van der Waals surface area contributed by atoms with Crippen molar-refractivity contribution in [1.29, 1.82) is 0 Å². The van der Waals surface area contributed by atoms with Crippen LogP contribution in [0.4, 0.5) is 0 Å². The van der Waals surface area contributed by atoms with Crippen molar-refractivity contribution in [3.05, 3.63) is 50.1 Å². The van der Waals surface area contributed by atoms with E-state index in [9.17, 15) is 4.79 Å². The molecule has 2 rings (SSSR count). The molecule has 1 aromatic carbocycles. The Bertz CT molecular complexity index is 580. The van der Waals surface area contributed by atoms with Gasteiger partial charge in [-0.05, 0) is 23.6 Å². The maximum absolute atomic E-state index is 10.9. The zero-order valence-electron chi connectivity index (χ0n) is 9.02. The molecule has 0 aliphatic carbocycles. The highest BCUT2D eigenvalue weighted by Gasteiger charge is 2.12. The molecule has 0 spiro atoms. The molecular formula is C12H8Cl2O3S. The van der Waals surface area contributed by atoms with Crippen LogP contribution in [0.25, 0.3) is 0 Å². The van der Waals surface area contributed by atoms with Crippen molar-refractivity contribution in [2.75, 3.05) is 0 Å². The number of thiophene rings is 1. The third kappa shape index (κ3) is 2.96. The number of carbonyl (C=O) groups is 1. The first-order valence-electron chi connectivity index (χ1n) is 4.95. The third-order valence-electron chi connectivity index (χ3n) is 2.22. The van der Waals surface area contributed by atoms with Gasteiger partial charge in [0.2, 0.25) is 0 Å². The number of rotatable bonds is 4. The molecule has 0 bridgehead atoms. The SMILES string of the molecule is O=C(O)c1sccc1COc1cc(Cl)ccc1Cl. The van der Waals surface area contributed by atoms with Gasteiger partial charge in [0.1, 0.15) is 17.2 Å². The highest BCUT2D eigenvalue weighted by Crippen LogP contribution is 2.29. The summed E-state index contributed by atoms with van der Waals surface area (Å²) in [6.45, 7) is 0.144. The molecule has 2 aromatic rings. The first kappa shape index (κ1) is 13.2. The number of carboxylic acid groups (broad SMARTS) is 1. The first-order chi connectivity index (χ1) is 8.58. The summed E-state index contributed by atoms with van der Waals surface area (Å²) in [4.78, 5) is 11.2. The third-order valence-corrected chi connectivity index (χ3v) is 3.71. The average Bonchev–Trinajstić information content (AvgIpc) is 2.79. The molecule has 3 nitrogen and oxygen atoms in total. The van der Waals surface area contributed by atoms with Crippen LogP contribution in [0.5, 0.6) is 5.75 Å². The molecule has 0 aliphatic heterocycles. The minimum atomic E-state index is -0.958. The second-order valence-corrected chi connectivity index (χ2v) is 5.20. The van der Waals surface area contributed by atoms with Gasteiger partial charge in [-0.3, -0.25) is 0 Å². The Labute approximate surface area is 118 Å². The number of hydrogen-bond donors (Lipinski definition) is 1. The molecule has 18 heavy (non-hydrogen) atoms. The lowest BCUT2D eigenvalue weighted by Crippen LogP contribution is -2.01. The van der Waals surface area contributed by atoms with E-state index in [2.05, 4.69) is 0 Å². The van der Waals surface area contributed by atoms with Gasteiger partial charge >= 0.3 is 5.97 Å². The fourth-order valence-corrected chi connectivity index (χ4v) is 2.46. The van der Waals surface area contributed by atoms with Gasteiger partial charge < -0.3 is 9.84 Å². The van der Waals surface area contributed by atoms with Gasteiger partial charge in [-0.15, -0.1) is 11.3 Å². The molecule has 0 atom stereocenters. The van der Waals surface area contributed by atoms with Crippen molar-refractivity contribution < 1.29 is 14.6 Å². The van der Waals surface area contributed by atoms with E-state index in [1.165, 1.54) is 0 Å². The molecule has 1 N–H and O–H groups in total. The lowest BCUT2D eigenvalue weighted by Gasteiger charge is -2.08. The van der Waals surface area contributed by atoms with Crippen LogP contribution in [-0.2, 0) is 6.61 Å². The zero-order chi connectivity index (χ0) is 13.1. The van der Waals surface area contributed by atoms with Gasteiger partial charge in [0.15, 0.2) is 0 Å².